The van der Waals surface area contributed by atoms with Crippen molar-refractivity contribution in [3.05, 3.63) is 41.5 Å². The molecule has 0 spiro atoms. The third-order valence-electron chi connectivity index (χ3n) is 5.63. The quantitative estimate of drug-likeness (QED) is 0.582. The van der Waals surface area contributed by atoms with Crippen LogP contribution in [0.3, 0.4) is 0 Å². The topological polar surface area (TPSA) is 112 Å². The summed E-state index contributed by atoms with van der Waals surface area (Å²) in [6.45, 7) is 1.94. The second kappa shape index (κ2) is 7.00. The van der Waals surface area contributed by atoms with Gasteiger partial charge in [0.2, 0.25) is 10.0 Å². The largest absolute Gasteiger partial charge is 0.395 e. The number of H-pyrrole nitrogens is 1. The van der Waals surface area contributed by atoms with E-state index in [1.165, 1.54) is 6.07 Å². The van der Waals surface area contributed by atoms with Gasteiger partial charge in [-0.3, -0.25) is 5.10 Å². The number of aliphatic hydroxyl groups is 1. The summed E-state index contributed by atoms with van der Waals surface area (Å²) in [7, 11) is -4.18. The minimum atomic E-state index is -4.18. The molecular weight excluding hydrogens is 414 g/mol. The highest BCUT2D eigenvalue weighted by Crippen LogP contribution is 2.38. The second-order valence-corrected chi connectivity index (χ2v) is 9.56. The van der Waals surface area contributed by atoms with E-state index in [9.17, 15) is 22.3 Å². The molecule has 1 aromatic heterocycles. The molecule has 1 fully saturated rings. The summed E-state index contributed by atoms with van der Waals surface area (Å²) in [5, 5.41) is 17.1. The van der Waals surface area contributed by atoms with E-state index in [2.05, 4.69) is 10.2 Å². The molecule has 0 radical (unpaired) electrons. The highest BCUT2D eigenvalue weighted by Gasteiger charge is 2.50. The number of hydrogen-bond acceptors (Lipinski definition) is 5. The molecule has 0 amide bonds. The van der Waals surface area contributed by atoms with Crippen LogP contribution >= 0.6 is 0 Å². The average Bonchev–Trinajstić information content (AvgIpc) is 3.21. The van der Waals surface area contributed by atoms with E-state index in [0.717, 1.165) is 27.6 Å². The van der Waals surface area contributed by atoms with Crippen molar-refractivity contribution in [2.45, 2.75) is 37.1 Å². The van der Waals surface area contributed by atoms with E-state index < -0.39 is 41.6 Å². The third-order valence-corrected chi connectivity index (χ3v) is 7.69. The van der Waals surface area contributed by atoms with E-state index in [-0.39, 0.29) is 4.90 Å². The number of aromatic amines is 1. The van der Waals surface area contributed by atoms with Crippen LogP contribution < -0.4 is 5.73 Å². The van der Waals surface area contributed by atoms with Crippen LogP contribution in [0.15, 0.2) is 35.2 Å². The molecule has 3 aromatic rings. The van der Waals surface area contributed by atoms with Crippen molar-refractivity contribution in [1.82, 2.24) is 14.5 Å². The highest BCUT2D eigenvalue weighted by molar-refractivity contribution is 7.89. The first kappa shape index (κ1) is 20.7. The lowest BCUT2D eigenvalue weighted by Gasteiger charge is -2.23. The van der Waals surface area contributed by atoms with Crippen molar-refractivity contribution < 1.29 is 22.3 Å². The molecule has 1 aliphatic heterocycles. The maximum atomic E-state index is 13.8. The fourth-order valence-corrected chi connectivity index (χ4v) is 6.01. The van der Waals surface area contributed by atoms with E-state index in [0.29, 0.717) is 15.7 Å². The summed E-state index contributed by atoms with van der Waals surface area (Å²) in [4.78, 5) is -0.0519. The van der Waals surface area contributed by atoms with Gasteiger partial charge in [-0.1, -0.05) is 18.2 Å². The molecule has 0 bridgehead atoms. The molecule has 0 unspecified atom stereocenters. The minimum absolute atomic E-state index is 0.0519. The number of aliphatic hydroxyl groups excluding tert-OH is 1. The lowest BCUT2D eigenvalue weighted by atomic mass is 9.96. The number of benzene rings is 2. The Labute approximate surface area is 172 Å². The molecule has 160 valence electrons. The predicted molar refractivity (Wildman–Crippen MR) is 110 cm³/mol. The highest BCUT2D eigenvalue weighted by atomic mass is 32.2. The molecule has 4 rings (SSSR count). The van der Waals surface area contributed by atoms with Gasteiger partial charge < -0.3 is 10.8 Å². The monoisotopic (exact) mass is 436 g/mol. The predicted octanol–water partition coefficient (Wildman–Crippen LogP) is 2.82. The molecule has 4 N–H and O–H groups in total. The normalized spacial score (nSPS) is 19.6. The number of sulfonamides is 1. The number of hydrogen-bond donors (Lipinski definition) is 3. The Morgan fingerprint density at radius 1 is 1.30 bits per heavy atom. The van der Waals surface area contributed by atoms with Gasteiger partial charge in [0.05, 0.1) is 29.6 Å². The standard InChI is InChI=1S/C20H22F2N4O3S/c1-11-7-13(15-4-5-16-18(12(15)2)19(23)25-24-16)3-6-17(11)30(28,29)26-10-20(21,22)8-14(26)9-27/h3-7,14,27H,8-10H2,1-2H3,(H3,23,24,25)/t14-/m0/s1. The van der Waals surface area contributed by atoms with E-state index in [1.807, 2.05) is 19.1 Å². The molecule has 30 heavy (non-hydrogen) atoms. The van der Waals surface area contributed by atoms with Crippen LogP contribution in [0.2, 0.25) is 0 Å². The fourth-order valence-electron chi connectivity index (χ4n) is 4.16. The summed E-state index contributed by atoms with van der Waals surface area (Å²) in [6, 6.07) is 7.37. The Morgan fingerprint density at radius 3 is 2.70 bits per heavy atom. The van der Waals surface area contributed by atoms with Crippen LogP contribution in [0, 0.1) is 13.8 Å². The van der Waals surface area contributed by atoms with Gasteiger partial charge in [0.15, 0.2) is 5.82 Å². The summed E-state index contributed by atoms with van der Waals surface area (Å²) in [5.74, 6) is -2.78. The number of fused-ring (bicyclic) bond motifs is 1. The summed E-state index contributed by atoms with van der Waals surface area (Å²) >= 11 is 0. The molecule has 10 heteroatoms. The number of anilines is 1. The first-order chi connectivity index (χ1) is 14.0. The number of nitrogens with one attached hydrogen (secondary N) is 1. The summed E-state index contributed by atoms with van der Waals surface area (Å²) in [6.07, 6.45) is -0.689. The molecule has 1 saturated heterocycles. The van der Waals surface area contributed by atoms with Gasteiger partial charge in [0, 0.05) is 11.8 Å². The maximum Gasteiger partial charge on any atom is 0.263 e. The fraction of sp³-hybridized carbons (Fsp3) is 0.350. The zero-order chi connectivity index (χ0) is 21.8. The molecule has 2 heterocycles. The number of nitrogens with zero attached hydrogens (tertiary/aromatic N) is 2. The number of halogens is 2. The summed E-state index contributed by atoms with van der Waals surface area (Å²) in [5.41, 5.74) is 9.71. The Bertz CT molecular complexity index is 1240. The van der Waals surface area contributed by atoms with Crippen molar-refractivity contribution in [1.29, 1.82) is 0 Å². The first-order valence-corrected chi connectivity index (χ1v) is 10.8. The van der Waals surface area contributed by atoms with Gasteiger partial charge in [-0.05, 0) is 48.2 Å². The molecule has 0 saturated carbocycles. The van der Waals surface area contributed by atoms with E-state index >= 15 is 0 Å². The first-order valence-electron chi connectivity index (χ1n) is 9.40. The maximum absolute atomic E-state index is 13.8. The number of rotatable bonds is 4. The van der Waals surface area contributed by atoms with Gasteiger partial charge in [-0.25, -0.2) is 17.2 Å². The van der Waals surface area contributed by atoms with Crippen molar-refractivity contribution >= 4 is 26.7 Å². The van der Waals surface area contributed by atoms with Crippen LogP contribution in [0.5, 0.6) is 0 Å². The molecule has 2 aromatic carbocycles. The zero-order valence-corrected chi connectivity index (χ0v) is 17.3. The van der Waals surface area contributed by atoms with Gasteiger partial charge in [-0.2, -0.15) is 9.40 Å². The molecule has 1 atom stereocenters. The summed E-state index contributed by atoms with van der Waals surface area (Å²) < 4.78 is 54.4. The van der Waals surface area contributed by atoms with E-state index in [4.69, 9.17) is 5.73 Å². The SMILES string of the molecule is Cc1cc(-c2ccc3[nH]nc(N)c3c2C)ccc1S(=O)(=O)N1CC(F)(F)C[C@H]1CO. The molecule has 1 aliphatic rings. The Hall–Kier alpha value is -2.56. The van der Waals surface area contributed by atoms with Crippen LogP contribution in [0.25, 0.3) is 22.0 Å². The van der Waals surface area contributed by atoms with Gasteiger partial charge in [0.25, 0.3) is 5.92 Å². The molecular formula is C20H22F2N4O3S. The number of aromatic nitrogens is 2. The molecule has 7 nitrogen and oxygen atoms in total. The van der Waals surface area contributed by atoms with Gasteiger partial charge in [-0.15, -0.1) is 0 Å². The van der Waals surface area contributed by atoms with Gasteiger partial charge in [0.1, 0.15) is 0 Å². The lowest BCUT2D eigenvalue weighted by molar-refractivity contribution is 0.0161. The Kier molecular flexibility index (Phi) is 4.83. The number of aryl methyl sites for hydroxylation is 2. The van der Waals surface area contributed by atoms with Crippen molar-refractivity contribution in [2.24, 2.45) is 0 Å². The Balaban J connectivity index is 1.76. The van der Waals surface area contributed by atoms with Crippen LogP contribution in [0.4, 0.5) is 14.6 Å². The average molecular weight is 436 g/mol. The lowest BCUT2D eigenvalue weighted by Crippen LogP contribution is -2.38. The van der Waals surface area contributed by atoms with Gasteiger partial charge >= 0.3 is 0 Å². The van der Waals surface area contributed by atoms with Crippen LogP contribution in [0.1, 0.15) is 17.5 Å². The van der Waals surface area contributed by atoms with Crippen LogP contribution in [-0.4, -0.2) is 53.1 Å². The van der Waals surface area contributed by atoms with Crippen molar-refractivity contribution in [3.8, 4) is 11.1 Å². The smallest absolute Gasteiger partial charge is 0.263 e. The Morgan fingerprint density at radius 2 is 2.03 bits per heavy atom. The number of nitrogen functional groups attached to an aromatic ring is 1. The second-order valence-electron chi connectivity index (χ2n) is 7.70. The molecule has 0 aliphatic carbocycles. The minimum Gasteiger partial charge on any atom is -0.395 e. The van der Waals surface area contributed by atoms with Crippen molar-refractivity contribution in [3.63, 3.8) is 0 Å². The number of nitrogens with two attached hydrogens (primary N) is 1. The third kappa shape index (κ3) is 3.24. The van der Waals surface area contributed by atoms with Crippen LogP contribution in [-0.2, 0) is 10.0 Å². The number of alkyl halides is 2. The zero-order valence-electron chi connectivity index (χ0n) is 16.5. The van der Waals surface area contributed by atoms with E-state index in [1.54, 1.807) is 19.1 Å². The van der Waals surface area contributed by atoms with Crippen molar-refractivity contribution in [2.75, 3.05) is 18.9 Å².